The molecule has 0 fully saturated rings. The second-order valence-corrected chi connectivity index (χ2v) is 9.94. The van der Waals surface area contributed by atoms with Crippen molar-refractivity contribution in [3.63, 3.8) is 0 Å². The van der Waals surface area contributed by atoms with Crippen LogP contribution in [0.1, 0.15) is 10.5 Å². The van der Waals surface area contributed by atoms with Crippen molar-refractivity contribution in [2.24, 2.45) is 0 Å². The van der Waals surface area contributed by atoms with Crippen LogP contribution in [0.2, 0.25) is 5.02 Å². The van der Waals surface area contributed by atoms with Crippen LogP contribution in [-0.2, 0) is 9.84 Å². The summed E-state index contributed by atoms with van der Waals surface area (Å²) in [6, 6.07) is 18.9. The van der Waals surface area contributed by atoms with Crippen molar-refractivity contribution in [1.82, 2.24) is 9.78 Å². The van der Waals surface area contributed by atoms with Crippen molar-refractivity contribution in [2.75, 3.05) is 23.9 Å². The van der Waals surface area contributed by atoms with Crippen molar-refractivity contribution < 1.29 is 22.4 Å². The maximum Gasteiger partial charge on any atom is 0.276 e. The van der Waals surface area contributed by atoms with E-state index < -0.39 is 15.7 Å². The smallest absolute Gasteiger partial charge is 0.276 e. The monoisotopic (exact) mass is 485 g/mol. The molecule has 10 heteroatoms. The fourth-order valence-electron chi connectivity index (χ4n) is 3.04. The molecule has 0 saturated heterocycles. The Morgan fingerprint density at radius 1 is 1.12 bits per heavy atom. The number of aromatic nitrogens is 2. The number of hydrogen-bond donors (Lipinski definition) is 1. The molecule has 0 aliphatic heterocycles. The van der Waals surface area contributed by atoms with Crippen molar-refractivity contribution in [3.8, 4) is 22.9 Å². The first kappa shape index (κ1) is 22.6. The molecular weight excluding hydrogens is 466 g/mol. The number of anilines is 1. The quantitative estimate of drug-likeness (QED) is 0.395. The van der Waals surface area contributed by atoms with Crippen molar-refractivity contribution >= 4 is 33.0 Å². The lowest BCUT2D eigenvalue weighted by Gasteiger charge is -2.08. The molecule has 0 atom stereocenters. The molecular formula is C23H20ClN3O5S. The lowest BCUT2D eigenvalue weighted by atomic mass is 10.2. The number of halogens is 1. The topological polar surface area (TPSA) is 103 Å². The first-order valence-electron chi connectivity index (χ1n) is 9.90. The second-order valence-electron chi connectivity index (χ2n) is 7.24. The predicted octanol–water partition coefficient (Wildman–Crippen LogP) is 4.46. The summed E-state index contributed by atoms with van der Waals surface area (Å²) in [6.07, 6.45) is 2.69. The van der Waals surface area contributed by atoms with E-state index in [4.69, 9.17) is 20.8 Å². The molecule has 4 rings (SSSR count). The Labute approximate surface area is 195 Å². The molecule has 0 spiro atoms. The van der Waals surface area contributed by atoms with E-state index >= 15 is 0 Å². The number of sulfone groups is 1. The van der Waals surface area contributed by atoms with E-state index in [1.807, 2.05) is 0 Å². The lowest BCUT2D eigenvalue weighted by molar-refractivity contribution is 0.102. The van der Waals surface area contributed by atoms with Gasteiger partial charge in [-0.25, -0.2) is 13.1 Å². The van der Waals surface area contributed by atoms with Crippen LogP contribution < -0.4 is 10.1 Å². The second kappa shape index (κ2) is 9.51. The number of nitrogens with zero attached hydrogens (tertiary/aromatic N) is 2. The number of benzene rings is 2. The van der Waals surface area contributed by atoms with Gasteiger partial charge in [0.05, 0.1) is 17.7 Å². The van der Waals surface area contributed by atoms with E-state index in [9.17, 15) is 13.2 Å². The fourth-order valence-corrected chi connectivity index (χ4v) is 3.55. The number of nitrogens with one attached hydrogen (secondary N) is 1. The van der Waals surface area contributed by atoms with Gasteiger partial charge in [-0.3, -0.25) is 4.79 Å². The van der Waals surface area contributed by atoms with Crippen molar-refractivity contribution in [2.45, 2.75) is 0 Å². The van der Waals surface area contributed by atoms with Gasteiger partial charge in [0.2, 0.25) is 0 Å². The third-order valence-electron chi connectivity index (χ3n) is 4.60. The molecule has 0 saturated carbocycles. The summed E-state index contributed by atoms with van der Waals surface area (Å²) in [4.78, 5) is 12.9. The van der Waals surface area contributed by atoms with E-state index in [-0.39, 0.29) is 18.1 Å². The first-order valence-corrected chi connectivity index (χ1v) is 12.3. The average molecular weight is 486 g/mol. The van der Waals surface area contributed by atoms with E-state index in [0.29, 0.717) is 33.6 Å². The zero-order valence-corrected chi connectivity index (χ0v) is 19.1. The maximum absolute atomic E-state index is 12.9. The zero-order chi connectivity index (χ0) is 23.4. The SMILES string of the molecule is CS(=O)(=O)CCOc1cccc(NC(=O)c2cc(-c3ccco3)n(-c3ccc(Cl)cc3)n2)c1. The van der Waals surface area contributed by atoms with Gasteiger partial charge in [-0.05, 0) is 48.5 Å². The molecule has 1 N–H and O–H groups in total. The minimum absolute atomic E-state index is 0.0221. The van der Waals surface area contributed by atoms with Crippen LogP contribution in [0, 0.1) is 0 Å². The molecule has 2 heterocycles. The van der Waals surface area contributed by atoms with Crippen LogP contribution in [0.4, 0.5) is 5.69 Å². The molecule has 1 amide bonds. The Hall–Kier alpha value is -3.56. The number of ether oxygens (including phenoxy) is 1. The third-order valence-corrected chi connectivity index (χ3v) is 5.76. The number of hydrogen-bond acceptors (Lipinski definition) is 6. The van der Waals surface area contributed by atoms with E-state index in [2.05, 4.69) is 10.4 Å². The molecule has 170 valence electrons. The van der Waals surface area contributed by atoms with Crippen molar-refractivity contribution in [1.29, 1.82) is 0 Å². The van der Waals surface area contributed by atoms with Gasteiger partial charge in [0.25, 0.3) is 5.91 Å². The molecule has 2 aromatic carbocycles. The minimum atomic E-state index is -3.13. The summed E-state index contributed by atoms with van der Waals surface area (Å²) >= 11 is 6.00. The van der Waals surface area contributed by atoms with Gasteiger partial charge >= 0.3 is 0 Å². The summed E-state index contributed by atoms with van der Waals surface area (Å²) in [5, 5.41) is 7.84. The highest BCUT2D eigenvalue weighted by molar-refractivity contribution is 7.90. The van der Waals surface area contributed by atoms with Crippen molar-refractivity contribution in [3.05, 3.63) is 83.7 Å². The van der Waals surface area contributed by atoms with E-state index in [0.717, 1.165) is 6.26 Å². The Morgan fingerprint density at radius 2 is 1.91 bits per heavy atom. The van der Waals surface area contributed by atoms with Gasteiger partial charge < -0.3 is 14.5 Å². The normalized spacial score (nSPS) is 11.3. The molecule has 0 radical (unpaired) electrons. The van der Waals surface area contributed by atoms with Gasteiger partial charge in [-0.2, -0.15) is 5.10 Å². The predicted molar refractivity (Wildman–Crippen MR) is 126 cm³/mol. The van der Waals surface area contributed by atoms with Crippen LogP contribution in [0.15, 0.2) is 77.4 Å². The number of carbonyl (C=O) groups is 1. The number of furan rings is 1. The average Bonchev–Trinajstić information content (AvgIpc) is 3.44. The molecule has 0 aliphatic rings. The summed E-state index contributed by atoms with van der Waals surface area (Å²) in [5.41, 5.74) is 1.98. The van der Waals surface area contributed by atoms with Gasteiger partial charge in [-0.1, -0.05) is 17.7 Å². The Balaban J connectivity index is 1.56. The van der Waals surface area contributed by atoms with Crippen LogP contribution in [0.5, 0.6) is 5.75 Å². The summed E-state index contributed by atoms with van der Waals surface area (Å²) < 4.78 is 35.1. The lowest BCUT2D eigenvalue weighted by Crippen LogP contribution is -2.14. The molecule has 4 aromatic rings. The van der Waals surface area contributed by atoms with Crippen LogP contribution in [0.25, 0.3) is 17.1 Å². The number of carbonyl (C=O) groups excluding carboxylic acids is 1. The third kappa shape index (κ3) is 5.82. The molecule has 33 heavy (non-hydrogen) atoms. The van der Waals surface area contributed by atoms with Crippen LogP contribution >= 0.6 is 11.6 Å². The zero-order valence-electron chi connectivity index (χ0n) is 17.6. The largest absolute Gasteiger partial charge is 0.492 e. The Morgan fingerprint density at radius 3 is 2.61 bits per heavy atom. The van der Waals surface area contributed by atoms with E-state index in [1.54, 1.807) is 77.7 Å². The first-order chi connectivity index (χ1) is 15.8. The summed E-state index contributed by atoms with van der Waals surface area (Å²) in [5.74, 6) is 0.474. The van der Waals surface area contributed by atoms with Gasteiger partial charge in [0.1, 0.15) is 18.1 Å². The summed E-state index contributed by atoms with van der Waals surface area (Å²) in [6.45, 7) is 0.0221. The van der Waals surface area contributed by atoms with Gasteiger partial charge in [0, 0.05) is 29.1 Å². The van der Waals surface area contributed by atoms with Crippen LogP contribution in [-0.4, -0.2) is 42.7 Å². The minimum Gasteiger partial charge on any atom is -0.492 e. The summed E-state index contributed by atoms with van der Waals surface area (Å²) in [7, 11) is -3.13. The van der Waals surface area contributed by atoms with Gasteiger partial charge in [0.15, 0.2) is 21.3 Å². The Bertz CT molecular complexity index is 1360. The molecule has 8 nitrogen and oxygen atoms in total. The standard InChI is InChI=1S/C23H20ClN3O5S/c1-33(29,30)13-12-31-19-5-2-4-17(14-19)25-23(28)20-15-21(22-6-3-11-32-22)27(26-20)18-9-7-16(24)8-10-18/h2-11,14-15H,12-13H2,1H3,(H,25,28). The highest BCUT2D eigenvalue weighted by atomic mass is 35.5. The number of rotatable bonds is 8. The maximum atomic E-state index is 12.9. The molecule has 0 aliphatic carbocycles. The van der Waals surface area contributed by atoms with E-state index in [1.165, 1.54) is 0 Å². The molecule has 0 bridgehead atoms. The fraction of sp³-hybridized carbons (Fsp3) is 0.130. The van der Waals surface area contributed by atoms with Crippen LogP contribution in [0.3, 0.4) is 0 Å². The van der Waals surface area contributed by atoms with Gasteiger partial charge in [-0.15, -0.1) is 0 Å². The highest BCUT2D eigenvalue weighted by Crippen LogP contribution is 2.26. The number of amides is 1. The molecule has 0 unspecified atom stereocenters. The Kier molecular flexibility index (Phi) is 6.52. The highest BCUT2D eigenvalue weighted by Gasteiger charge is 2.18. The molecule has 2 aromatic heterocycles.